The van der Waals surface area contributed by atoms with E-state index in [2.05, 4.69) is 17.1 Å². The molecule has 0 amide bonds. The molecule has 0 aliphatic carbocycles. The van der Waals surface area contributed by atoms with Crippen LogP contribution < -0.4 is 5.56 Å². The van der Waals surface area contributed by atoms with Crippen LogP contribution in [0.1, 0.15) is 5.56 Å². The van der Waals surface area contributed by atoms with Crippen molar-refractivity contribution in [2.24, 2.45) is 0 Å². The molecule has 1 aromatic heterocycles. The first-order chi connectivity index (χ1) is 11.6. The van der Waals surface area contributed by atoms with Gasteiger partial charge in [0.05, 0.1) is 29.9 Å². The van der Waals surface area contributed by atoms with Gasteiger partial charge in [0.25, 0.3) is 5.56 Å². The number of aliphatic hydroxyl groups excluding tert-OH is 1. The summed E-state index contributed by atoms with van der Waals surface area (Å²) in [4.78, 5) is 18.8. The van der Waals surface area contributed by atoms with Crippen LogP contribution in [-0.4, -0.2) is 39.3 Å². The van der Waals surface area contributed by atoms with E-state index >= 15 is 0 Å². The molecule has 3 aromatic rings. The summed E-state index contributed by atoms with van der Waals surface area (Å²) in [5.41, 5.74) is 1.75. The van der Waals surface area contributed by atoms with Crippen molar-refractivity contribution in [1.29, 1.82) is 0 Å². The molecule has 2 aromatic carbocycles. The third kappa shape index (κ3) is 3.88. The Labute approximate surface area is 140 Å². The molecule has 0 saturated carbocycles. The van der Waals surface area contributed by atoms with Gasteiger partial charge in [0, 0.05) is 13.1 Å². The van der Waals surface area contributed by atoms with Gasteiger partial charge in [-0.3, -0.25) is 14.3 Å². The number of fused-ring (bicyclic) bond motifs is 1. The minimum Gasteiger partial charge on any atom is -0.390 e. The summed E-state index contributed by atoms with van der Waals surface area (Å²) in [6.07, 6.45) is 0.866. The first kappa shape index (κ1) is 16.4. The summed E-state index contributed by atoms with van der Waals surface area (Å²) in [7, 11) is 1.96. The Hall–Kier alpha value is -2.50. The largest absolute Gasteiger partial charge is 0.390 e. The van der Waals surface area contributed by atoms with Crippen LogP contribution in [0, 0.1) is 0 Å². The summed E-state index contributed by atoms with van der Waals surface area (Å²) in [6.45, 7) is 1.47. The lowest BCUT2D eigenvalue weighted by molar-refractivity contribution is 0.106. The monoisotopic (exact) mass is 323 g/mol. The van der Waals surface area contributed by atoms with Gasteiger partial charge in [-0.15, -0.1) is 0 Å². The molecular weight excluding hydrogens is 302 g/mol. The van der Waals surface area contributed by atoms with Crippen LogP contribution in [0.3, 0.4) is 0 Å². The third-order valence-electron chi connectivity index (χ3n) is 3.96. The minimum absolute atomic E-state index is 0.120. The third-order valence-corrected chi connectivity index (χ3v) is 3.96. The van der Waals surface area contributed by atoms with Gasteiger partial charge in [-0.25, -0.2) is 4.98 Å². The fourth-order valence-electron chi connectivity index (χ4n) is 2.84. The molecule has 0 saturated heterocycles. The van der Waals surface area contributed by atoms with E-state index in [1.807, 2.05) is 48.3 Å². The van der Waals surface area contributed by atoms with Crippen molar-refractivity contribution in [2.45, 2.75) is 19.2 Å². The topological polar surface area (TPSA) is 58.4 Å². The molecule has 3 rings (SSSR count). The predicted molar refractivity (Wildman–Crippen MR) is 94.8 cm³/mol. The molecule has 1 unspecified atom stereocenters. The van der Waals surface area contributed by atoms with E-state index in [0.29, 0.717) is 17.4 Å². The Morgan fingerprint density at radius 2 is 1.83 bits per heavy atom. The van der Waals surface area contributed by atoms with Crippen LogP contribution in [0.15, 0.2) is 65.7 Å². The SMILES string of the molecule is CN(Cc1ccccc1)CC(O)Cn1cnc2ccccc2c1=O. The smallest absolute Gasteiger partial charge is 0.261 e. The molecule has 5 nitrogen and oxygen atoms in total. The second kappa shape index (κ2) is 7.38. The maximum Gasteiger partial charge on any atom is 0.261 e. The number of rotatable bonds is 6. The van der Waals surface area contributed by atoms with Gasteiger partial charge in [-0.2, -0.15) is 0 Å². The van der Waals surface area contributed by atoms with Gasteiger partial charge >= 0.3 is 0 Å². The van der Waals surface area contributed by atoms with Crippen molar-refractivity contribution in [2.75, 3.05) is 13.6 Å². The van der Waals surface area contributed by atoms with Crippen LogP contribution in [0.25, 0.3) is 10.9 Å². The fraction of sp³-hybridized carbons (Fsp3) is 0.263. The van der Waals surface area contributed by atoms with Crippen LogP contribution in [-0.2, 0) is 13.1 Å². The molecular formula is C19H21N3O2. The molecule has 124 valence electrons. The fourth-order valence-corrected chi connectivity index (χ4v) is 2.84. The Bertz CT molecular complexity index is 861. The molecule has 0 aliphatic rings. The van der Waals surface area contributed by atoms with Crippen molar-refractivity contribution in [3.63, 3.8) is 0 Å². The highest BCUT2D eigenvalue weighted by Crippen LogP contribution is 2.06. The molecule has 0 fully saturated rings. The maximum atomic E-state index is 12.4. The molecule has 1 N–H and O–H groups in total. The van der Waals surface area contributed by atoms with Gasteiger partial charge in [-0.05, 0) is 24.7 Å². The van der Waals surface area contributed by atoms with Crippen molar-refractivity contribution < 1.29 is 5.11 Å². The lowest BCUT2D eigenvalue weighted by Gasteiger charge is -2.21. The van der Waals surface area contributed by atoms with Crippen molar-refractivity contribution >= 4 is 10.9 Å². The zero-order valence-corrected chi connectivity index (χ0v) is 13.7. The standard InChI is InChI=1S/C19H21N3O2/c1-21(11-15-7-3-2-4-8-15)12-16(23)13-22-14-20-18-10-6-5-9-17(18)19(22)24/h2-10,14,16,23H,11-13H2,1H3. The number of aromatic nitrogens is 2. The average molecular weight is 323 g/mol. The van der Waals surface area contributed by atoms with E-state index in [1.165, 1.54) is 16.5 Å². The second-order valence-corrected chi connectivity index (χ2v) is 6.06. The van der Waals surface area contributed by atoms with E-state index in [0.717, 1.165) is 6.54 Å². The lowest BCUT2D eigenvalue weighted by Crippen LogP contribution is -2.34. The summed E-state index contributed by atoms with van der Waals surface area (Å²) in [5.74, 6) is 0. The number of nitrogens with zero attached hydrogens (tertiary/aromatic N) is 3. The molecule has 0 radical (unpaired) electrons. The molecule has 0 bridgehead atoms. The quantitative estimate of drug-likeness (QED) is 0.753. The molecule has 0 aliphatic heterocycles. The lowest BCUT2D eigenvalue weighted by atomic mass is 10.2. The first-order valence-electron chi connectivity index (χ1n) is 7.98. The van der Waals surface area contributed by atoms with Crippen LogP contribution in [0.5, 0.6) is 0 Å². The summed E-state index contributed by atoms with van der Waals surface area (Å²) >= 11 is 0. The Morgan fingerprint density at radius 3 is 2.62 bits per heavy atom. The second-order valence-electron chi connectivity index (χ2n) is 6.06. The van der Waals surface area contributed by atoms with Crippen LogP contribution in [0.4, 0.5) is 0 Å². The van der Waals surface area contributed by atoms with E-state index in [4.69, 9.17) is 0 Å². The highest BCUT2D eigenvalue weighted by atomic mass is 16.3. The highest BCUT2D eigenvalue weighted by molar-refractivity contribution is 5.76. The highest BCUT2D eigenvalue weighted by Gasteiger charge is 2.12. The number of para-hydroxylation sites is 1. The van der Waals surface area contributed by atoms with Crippen molar-refractivity contribution in [1.82, 2.24) is 14.5 Å². The molecule has 5 heteroatoms. The van der Waals surface area contributed by atoms with E-state index in [9.17, 15) is 9.90 Å². The molecule has 0 spiro atoms. The first-order valence-corrected chi connectivity index (χ1v) is 7.98. The van der Waals surface area contributed by atoms with Crippen LogP contribution in [0.2, 0.25) is 0 Å². The zero-order valence-electron chi connectivity index (χ0n) is 13.7. The van der Waals surface area contributed by atoms with Gasteiger partial charge in [0.15, 0.2) is 0 Å². The number of likely N-dealkylation sites (N-methyl/N-ethyl adjacent to an activating group) is 1. The summed E-state index contributed by atoms with van der Waals surface area (Å²) in [5, 5.41) is 10.9. The van der Waals surface area contributed by atoms with E-state index in [1.54, 1.807) is 6.07 Å². The number of aliphatic hydroxyl groups is 1. The van der Waals surface area contributed by atoms with E-state index < -0.39 is 6.10 Å². The summed E-state index contributed by atoms with van der Waals surface area (Å²) in [6, 6.07) is 17.3. The predicted octanol–water partition coefficient (Wildman–Crippen LogP) is 1.89. The molecule has 24 heavy (non-hydrogen) atoms. The van der Waals surface area contributed by atoms with Gasteiger partial charge in [-0.1, -0.05) is 42.5 Å². The van der Waals surface area contributed by atoms with Crippen molar-refractivity contribution in [3.05, 3.63) is 76.8 Å². The molecule has 1 atom stereocenters. The number of hydrogen-bond donors (Lipinski definition) is 1. The van der Waals surface area contributed by atoms with Crippen molar-refractivity contribution in [3.8, 4) is 0 Å². The minimum atomic E-state index is -0.639. The zero-order chi connectivity index (χ0) is 16.9. The summed E-state index contributed by atoms with van der Waals surface area (Å²) < 4.78 is 1.48. The Kier molecular flexibility index (Phi) is 5.03. The van der Waals surface area contributed by atoms with Gasteiger partial charge in [0.2, 0.25) is 0 Å². The Balaban J connectivity index is 1.65. The molecule has 1 heterocycles. The number of benzene rings is 2. The Morgan fingerprint density at radius 1 is 1.12 bits per heavy atom. The van der Waals surface area contributed by atoms with Crippen LogP contribution >= 0.6 is 0 Å². The maximum absolute atomic E-state index is 12.4. The normalized spacial score (nSPS) is 12.6. The van der Waals surface area contributed by atoms with Gasteiger partial charge in [0.1, 0.15) is 0 Å². The average Bonchev–Trinajstić information content (AvgIpc) is 2.58. The van der Waals surface area contributed by atoms with Gasteiger partial charge < -0.3 is 5.11 Å². The van der Waals surface area contributed by atoms with E-state index in [-0.39, 0.29) is 12.1 Å². The number of hydrogen-bond acceptors (Lipinski definition) is 4.